The average Bonchev–Trinajstić information content (AvgIpc) is 2.51. The summed E-state index contributed by atoms with van der Waals surface area (Å²) in [6, 6.07) is 14.6. The molecule has 5 heteroatoms. The first kappa shape index (κ1) is 15.0. The Bertz CT molecular complexity index is 600. The first-order valence-corrected chi connectivity index (χ1v) is 6.85. The van der Waals surface area contributed by atoms with Gasteiger partial charge in [0.1, 0.15) is 6.61 Å². The van der Waals surface area contributed by atoms with Crippen molar-refractivity contribution in [1.29, 1.82) is 0 Å². The van der Waals surface area contributed by atoms with Gasteiger partial charge in [0.25, 0.3) is 0 Å². The lowest BCUT2D eigenvalue weighted by Gasteiger charge is -2.09. The van der Waals surface area contributed by atoms with Crippen LogP contribution < -0.4 is 10.1 Å². The van der Waals surface area contributed by atoms with Crippen LogP contribution in [0.15, 0.2) is 48.5 Å². The maximum absolute atomic E-state index is 11.1. The zero-order valence-electron chi connectivity index (χ0n) is 11.9. The van der Waals surface area contributed by atoms with Crippen LogP contribution in [0, 0.1) is 10.1 Å². The second-order valence-electron chi connectivity index (χ2n) is 4.61. The van der Waals surface area contributed by atoms with E-state index in [0.717, 1.165) is 17.7 Å². The fraction of sp³-hybridized carbons (Fsp3) is 0.250. The monoisotopic (exact) mass is 286 g/mol. The molecule has 0 fully saturated rings. The molecule has 0 aromatic heterocycles. The number of ether oxygens (including phenoxy) is 1. The molecule has 0 atom stereocenters. The quantitative estimate of drug-likeness (QED) is 0.626. The van der Waals surface area contributed by atoms with Crippen molar-refractivity contribution in [2.75, 3.05) is 6.54 Å². The lowest BCUT2D eigenvalue weighted by atomic mass is 10.2. The van der Waals surface area contributed by atoms with E-state index in [4.69, 9.17) is 4.74 Å². The standard InChI is InChI=1S/C16H18N2O3/c1-2-17-11-14-8-9-15(18(19)20)16(10-14)21-12-13-6-4-3-5-7-13/h3-10,17H,2,11-12H2,1H3. The van der Waals surface area contributed by atoms with Crippen LogP contribution in [0.5, 0.6) is 5.75 Å². The summed E-state index contributed by atoms with van der Waals surface area (Å²) in [4.78, 5) is 10.6. The van der Waals surface area contributed by atoms with Gasteiger partial charge in [-0.2, -0.15) is 0 Å². The summed E-state index contributed by atoms with van der Waals surface area (Å²) >= 11 is 0. The first-order chi connectivity index (χ1) is 10.2. The number of nitrogens with zero attached hydrogens (tertiary/aromatic N) is 1. The van der Waals surface area contributed by atoms with E-state index >= 15 is 0 Å². The number of rotatable bonds is 7. The summed E-state index contributed by atoms with van der Waals surface area (Å²) in [7, 11) is 0. The van der Waals surface area contributed by atoms with Crippen molar-refractivity contribution in [3.05, 3.63) is 69.8 Å². The third-order valence-electron chi connectivity index (χ3n) is 3.04. The number of nitro groups is 1. The lowest BCUT2D eigenvalue weighted by molar-refractivity contribution is -0.386. The molecule has 5 nitrogen and oxygen atoms in total. The zero-order chi connectivity index (χ0) is 15.1. The molecule has 0 aliphatic rings. The maximum atomic E-state index is 11.1. The smallest absolute Gasteiger partial charge is 0.310 e. The van der Waals surface area contributed by atoms with E-state index in [9.17, 15) is 10.1 Å². The summed E-state index contributed by atoms with van der Waals surface area (Å²) < 4.78 is 5.64. The molecule has 0 heterocycles. The van der Waals surface area contributed by atoms with Crippen molar-refractivity contribution in [2.24, 2.45) is 0 Å². The number of nitro benzene ring substituents is 1. The Hall–Kier alpha value is -2.40. The Balaban J connectivity index is 2.16. The van der Waals surface area contributed by atoms with Crippen LogP contribution in [-0.2, 0) is 13.2 Å². The van der Waals surface area contributed by atoms with E-state index in [1.807, 2.05) is 37.3 Å². The van der Waals surface area contributed by atoms with Crippen molar-refractivity contribution in [1.82, 2.24) is 5.32 Å². The van der Waals surface area contributed by atoms with Gasteiger partial charge in [0.05, 0.1) is 4.92 Å². The number of nitrogens with one attached hydrogen (secondary N) is 1. The van der Waals surface area contributed by atoms with Gasteiger partial charge in [0, 0.05) is 12.6 Å². The average molecular weight is 286 g/mol. The molecule has 2 aromatic carbocycles. The molecule has 0 aliphatic heterocycles. The van der Waals surface area contributed by atoms with Crippen LogP contribution in [-0.4, -0.2) is 11.5 Å². The van der Waals surface area contributed by atoms with E-state index in [2.05, 4.69) is 5.32 Å². The first-order valence-electron chi connectivity index (χ1n) is 6.85. The number of hydrogen-bond donors (Lipinski definition) is 1. The number of benzene rings is 2. The van der Waals surface area contributed by atoms with Gasteiger partial charge in [0.15, 0.2) is 5.75 Å². The van der Waals surface area contributed by atoms with Crippen molar-refractivity contribution in [2.45, 2.75) is 20.1 Å². The molecular formula is C16H18N2O3. The highest BCUT2D eigenvalue weighted by molar-refractivity contribution is 5.48. The van der Waals surface area contributed by atoms with E-state index in [-0.39, 0.29) is 5.69 Å². The van der Waals surface area contributed by atoms with Gasteiger partial charge >= 0.3 is 5.69 Å². The van der Waals surface area contributed by atoms with E-state index in [1.54, 1.807) is 12.1 Å². The maximum Gasteiger partial charge on any atom is 0.310 e. The van der Waals surface area contributed by atoms with Crippen LogP contribution in [0.1, 0.15) is 18.1 Å². The molecule has 0 radical (unpaired) electrons. The van der Waals surface area contributed by atoms with Crippen LogP contribution in [0.2, 0.25) is 0 Å². The minimum Gasteiger partial charge on any atom is -0.482 e. The molecule has 0 amide bonds. The van der Waals surface area contributed by atoms with Crippen molar-refractivity contribution in [3.8, 4) is 5.75 Å². The van der Waals surface area contributed by atoms with Gasteiger partial charge in [-0.1, -0.05) is 43.3 Å². The summed E-state index contributed by atoms with van der Waals surface area (Å²) in [5.74, 6) is 0.305. The molecule has 0 saturated heterocycles. The minimum atomic E-state index is -0.419. The summed E-state index contributed by atoms with van der Waals surface area (Å²) in [6.45, 7) is 3.83. The second kappa shape index (κ2) is 7.40. The largest absolute Gasteiger partial charge is 0.482 e. The third kappa shape index (κ3) is 4.29. The zero-order valence-corrected chi connectivity index (χ0v) is 11.9. The minimum absolute atomic E-state index is 0.00817. The van der Waals surface area contributed by atoms with Gasteiger partial charge in [0.2, 0.25) is 0 Å². The van der Waals surface area contributed by atoms with Crippen molar-refractivity contribution in [3.63, 3.8) is 0 Å². The van der Waals surface area contributed by atoms with Crippen LogP contribution in [0.3, 0.4) is 0 Å². The fourth-order valence-corrected chi connectivity index (χ4v) is 1.94. The molecular weight excluding hydrogens is 268 g/mol. The molecule has 2 rings (SSSR count). The Morgan fingerprint density at radius 1 is 1.14 bits per heavy atom. The molecule has 110 valence electrons. The van der Waals surface area contributed by atoms with Gasteiger partial charge < -0.3 is 10.1 Å². The molecule has 21 heavy (non-hydrogen) atoms. The van der Waals surface area contributed by atoms with E-state index in [0.29, 0.717) is 18.9 Å². The summed E-state index contributed by atoms with van der Waals surface area (Å²) in [5, 5.41) is 14.3. The van der Waals surface area contributed by atoms with Crippen molar-refractivity contribution < 1.29 is 9.66 Å². The second-order valence-corrected chi connectivity index (χ2v) is 4.61. The number of hydrogen-bond acceptors (Lipinski definition) is 4. The van der Waals surface area contributed by atoms with Gasteiger partial charge in [-0.05, 0) is 23.7 Å². The summed E-state index contributed by atoms with van der Waals surface area (Å²) in [6.07, 6.45) is 0. The van der Waals surface area contributed by atoms with E-state index < -0.39 is 4.92 Å². The molecule has 0 spiro atoms. The van der Waals surface area contributed by atoms with Gasteiger partial charge in [-0.15, -0.1) is 0 Å². The van der Waals surface area contributed by atoms with Crippen LogP contribution in [0.4, 0.5) is 5.69 Å². The third-order valence-corrected chi connectivity index (χ3v) is 3.04. The topological polar surface area (TPSA) is 64.4 Å². The van der Waals surface area contributed by atoms with Crippen LogP contribution in [0.25, 0.3) is 0 Å². The van der Waals surface area contributed by atoms with Crippen LogP contribution >= 0.6 is 0 Å². The Morgan fingerprint density at radius 2 is 1.90 bits per heavy atom. The molecule has 0 aliphatic carbocycles. The molecule has 2 aromatic rings. The predicted octanol–water partition coefficient (Wildman–Crippen LogP) is 3.28. The molecule has 0 saturated carbocycles. The lowest BCUT2D eigenvalue weighted by Crippen LogP contribution is -2.12. The highest BCUT2D eigenvalue weighted by Crippen LogP contribution is 2.28. The highest BCUT2D eigenvalue weighted by atomic mass is 16.6. The SMILES string of the molecule is CCNCc1ccc([N+](=O)[O-])c(OCc2ccccc2)c1. The molecule has 0 bridgehead atoms. The predicted molar refractivity (Wildman–Crippen MR) is 81.3 cm³/mol. The van der Waals surface area contributed by atoms with Gasteiger partial charge in [-0.3, -0.25) is 10.1 Å². The Kier molecular flexibility index (Phi) is 5.29. The Morgan fingerprint density at radius 3 is 2.57 bits per heavy atom. The summed E-state index contributed by atoms with van der Waals surface area (Å²) in [5.41, 5.74) is 1.93. The fourth-order valence-electron chi connectivity index (χ4n) is 1.94. The molecule has 1 N–H and O–H groups in total. The van der Waals surface area contributed by atoms with Gasteiger partial charge in [-0.25, -0.2) is 0 Å². The molecule has 0 unspecified atom stereocenters. The highest BCUT2D eigenvalue weighted by Gasteiger charge is 2.15. The van der Waals surface area contributed by atoms with Crippen molar-refractivity contribution >= 4 is 5.69 Å². The van der Waals surface area contributed by atoms with E-state index in [1.165, 1.54) is 6.07 Å². The Labute approximate surface area is 123 Å². The normalized spacial score (nSPS) is 10.3.